The standard InChI is InChI=1S/C18H22/c1-3-16-12-14-10-11-17(18(16,4-2)13-14)15-8-6-5-7-9-15/h5-12,14,17H,3-4,13H2,1-2H3/t14-,17+,18+/m0/s1. The summed E-state index contributed by atoms with van der Waals surface area (Å²) < 4.78 is 0. The van der Waals surface area contributed by atoms with Crippen LogP contribution in [-0.2, 0) is 0 Å². The van der Waals surface area contributed by atoms with E-state index in [1.165, 1.54) is 24.8 Å². The van der Waals surface area contributed by atoms with Gasteiger partial charge in [0.05, 0.1) is 0 Å². The Bertz CT molecular complexity index is 480. The lowest BCUT2D eigenvalue weighted by Crippen LogP contribution is -2.29. The van der Waals surface area contributed by atoms with E-state index < -0.39 is 0 Å². The van der Waals surface area contributed by atoms with E-state index in [-0.39, 0.29) is 0 Å². The van der Waals surface area contributed by atoms with Crippen LogP contribution < -0.4 is 0 Å². The van der Waals surface area contributed by atoms with Gasteiger partial charge in [0.2, 0.25) is 0 Å². The lowest BCUT2D eigenvalue weighted by molar-refractivity contribution is 0.268. The zero-order chi connectivity index (χ0) is 12.6. The molecule has 94 valence electrons. The van der Waals surface area contributed by atoms with Gasteiger partial charge in [-0.3, -0.25) is 0 Å². The van der Waals surface area contributed by atoms with Gasteiger partial charge in [0.15, 0.2) is 0 Å². The predicted octanol–water partition coefficient (Wildman–Crippen LogP) is 5.09. The Kier molecular flexibility index (Phi) is 2.89. The van der Waals surface area contributed by atoms with Gasteiger partial charge in [-0.15, -0.1) is 0 Å². The highest BCUT2D eigenvalue weighted by Gasteiger charge is 2.46. The molecule has 0 saturated heterocycles. The van der Waals surface area contributed by atoms with Gasteiger partial charge in [-0.2, -0.15) is 0 Å². The molecule has 3 rings (SSSR count). The van der Waals surface area contributed by atoms with Gasteiger partial charge in [-0.25, -0.2) is 0 Å². The first-order valence-electron chi connectivity index (χ1n) is 7.24. The fourth-order valence-electron chi connectivity index (χ4n) is 4.08. The molecule has 1 aromatic carbocycles. The van der Waals surface area contributed by atoms with Crippen LogP contribution in [0.1, 0.15) is 44.6 Å². The van der Waals surface area contributed by atoms with E-state index in [0.29, 0.717) is 17.3 Å². The van der Waals surface area contributed by atoms with Crippen molar-refractivity contribution in [1.29, 1.82) is 0 Å². The van der Waals surface area contributed by atoms with Gasteiger partial charge < -0.3 is 0 Å². The van der Waals surface area contributed by atoms with Gasteiger partial charge in [-0.05, 0) is 30.7 Å². The lowest BCUT2D eigenvalue weighted by Gasteiger charge is -2.41. The molecular weight excluding hydrogens is 216 g/mol. The van der Waals surface area contributed by atoms with Gasteiger partial charge in [-0.1, -0.05) is 68.0 Å². The highest BCUT2D eigenvalue weighted by atomic mass is 14.5. The van der Waals surface area contributed by atoms with Crippen molar-refractivity contribution in [2.24, 2.45) is 11.3 Å². The Morgan fingerprint density at radius 3 is 2.56 bits per heavy atom. The lowest BCUT2D eigenvalue weighted by atomic mass is 9.63. The predicted molar refractivity (Wildman–Crippen MR) is 77.5 cm³/mol. The maximum Gasteiger partial charge on any atom is 0.0112 e. The molecule has 0 unspecified atom stereocenters. The van der Waals surface area contributed by atoms with Crippen LogP contribution in [0.2, 0.25) is 0 Å². The average Bonchev–Trinajstić information content (AvgIpc) is 2.73. The molecule has 0 spiro atoms. The van der Waals surface area contributed by atoms with Crippen LogP contribution >= 0.6 is 0 Å². The Labute approximate surface area is 110 Å². The van der Waals surface area contributed by atoms with E-state index in [9.17, 15) is 0 Å². The number of rotatable bonds is 3. The zero-order valence-electron chi connectivity index (χ0n) is 11.4. The summed E-state index contributed by atoms with van der Waals surface area (Å²) in [6.45, 7) is 4.67. The minimum absolute atomic E-state index is 0.398. The van der Waals surface area contributed by atoms with Gasteiger partial charge >= 0.3 is 0 Å². The molecule has 0 heteroatoms. The van der Waals surface area contributed by atoms with Crippen molar-refractivity contribution >= 4 is 0 Å². The number of hydrogen-bond donors (Lipinski definition) is 0. The second-order valence-corrected chi connectivity index (χ2v) is 5.70. The molecule has 3 atom stereocenters. The maximum absolute atomic E-state index is 2.53. The molecule has 0 nitrogen and oxygen atoms in total. The van der Waals surface area contributed by atoms with Crippen molar-refractivity contribution in [3.8, 4) is 0 Å². The topological polar surface area (TPSA) is 0 Å². The van der Waals surface area contributed by atoms with E-state index in [2.05, 4.69) is 62.4 Å². The molecule has 0 radical (unpaired) electrons. The summed E-state index contributed by atoms with van der Waals surface area (Å²) in [4.78, 5) is 0. The molecule has 0 aliphatic heterocycles. The summed E-state index contributed by atoms with van der Waals surface area (Å²) in [7, 11) is 0. The molecule has 2 aliphatic rings. The summed E-state index contributed by atoms with van der Waals surface area (Å²) in [6, 6.07) is 11.0. The normalized spacial score (nSPS) is 33.6. The van der Waals surface area contributed by atoms with Crippen molar-refractivity contribution in [2.75, 3.05) is 0 Å². The van der Waals surface area contributed by atoms with Gasteiger partial charge in [0.1, 0.15) is 0 Å². The molecule has 18 heavy (non-hydrogen) atoms. The van der Waals surface area contributed by atoms with Gasteiger partial charge in [0, 0.05) is 11.3 Å². The van der Waals surface area contributed by atoms with E-state index in [0.717, 1.165) is 0 Å². The number of benzene rings is 1. The summed E-state index contributed by atoms with van der Waals surface area (Å²) in [6.07, 6.45) is 11.2. The highest BCUT2D eigenvalue weighted by molar-refractivity contribution is 5.40. The van der Waals surface area contributed by atoms with Crippen molar-refractivity contribution in [3.05, 3.63) is 59.7 Å². The molecule has 0 heterocycles. The second kappa shape index (κ2) is 4.42. The molecule has 0 N–H and O–H groups in total. The highest BCUT2D eigenvalue weighted by Crippen LogP contribution is 2.58. The molecule has 0 aromatic heterocycles. The molecule has 0 saturated carbocycles. The van der Waals surface area contributed by atoms with Crippen LogP contribution in [-0.4, -0.2) is 0 Å². The zero-order valence-corrected chi connectivity index (χ0v) is 11.4. The SMILES string of the molecule is CCC1=C[C@@H]2C=C[C@H](c3ccccc3)[C@]1(CC)C2. The van der Waals surface area contributed by atoms with Crippen LogP contribution in [0.25, 0.3) is 0 Å². The largest absolute Gasteiger partial charge is 0.0809 e. The fourth-order valence-corrected chi connectivity index (χ4v) is 4.08. The number of fused-ring (bicyclic) bond motifs is 2. The Hall–Kier alpha value is -1.30. The third kappa shape index (κ3) is 1.59. The summed E-state index contributed by atoms with van der Waals surface area (Å²) in [5.41, 5.74) is 3.57. The Morgan fingerprint density at radius 2 is 1.89 bits per heavy atom. The Balaban J connectivity index is 2.07. The van der Waals surface area contributed by atoms with E-state index >= 15 is 0 Å². The molecule has 1 aromatic rings. The molecular formula is C18H22. The Morgan fingerprint density at radius 1 is 1.11 bits per heavy atom. The second-order valence-electron chi connectivity index (χ2n) is 5.70. The summed E-state index contributed by atoms with van der Waals surface area (Å²) in [5.74, 6) is 1.27. The third-order valence-corrected chi connectivity index (χ3v) is 4.97. The van der Waals surface area contributed by atoms with Crippen molar-refractivity contribution < 1.29 is 0 Å². The van der Waals surface area contributed by atoms with Crippen LogP contribution in [0.3, 0.4) is 0 Å². The summed E-state index contributed by atoms with van der Waals surface area (Å²) in [5, 5.41) is 0. The van der Waals surface area contributed by atoms with Crippen LogP contribution in [0.4, 0.5) is 0 Å². The minimum Gasteiger partial charge on any atom is -0.0809 e. The minimum atomic E-state index is 0.398. The quantitative estimate of drug-likeness (QED) is 0.643. The van der Waals surface area contributed by atoms with Crippen molar-refractivity contribution in [3.63, 3.8) is 0 Å². The number of hydrogen-bond acceptors (Lipinski definition) is 0. The van der Waals surface area contributed by atoms with Gasteiger partial charge in [0.25, 0.3) is 0 Å². The smallest absolute Gasteiger partial charge is 0.0112 e. The van der Waals surface area contributed by atoms with E-state index in [1.807, 2.05) is 0 Å². The van der Waals surface area contributed by atoms with Crippen LogP contribution in [0, 0.1) is 11.3 Å². The first-order chi connectivity index (χ1) is 8.80. The molecule has 0 amide bonds. The van der Waals surface area contributed by atoms with Crippen LogP contribution in [0.5, 0.6) is 0 Å². The first kappa shape index (κ1) is 11.8. The summed E-state index contributed by atoms with van der Waals surface area (Å²) >= 11 is 0. The van der Waals surface area contributed by atoms with Crippen LogP contribution in [0.15, 0.2) is 54.1 Å². The average molecular weight is 238 g/mol. The molecule has 2 aliphatic carbocycles. The third-order valence-electron chi connectivity index (χ3n) is 4.97. The van der Waals surface area contributed by atoms with Crippen molar-refractivity contribution in [2.45, 2.75) is 39.0 Å². The molecule has 2 bridgehead atoms. The first-order valence-corrected chi connectivity index (χ1v) is 7.24. The van der Waals surface area contributed by atoms with E-state index in [1.54, 1.807) is 5.57 Å². The number of allylic oxidation sites excluding steroid dienone is 4. The van der Waals surface area contributed by atoms with Crippen molar-refractivity contribution in [1.82, 2.24) is 0 Å². The monoisotopic (exact) mass is 238 g/mol. The maximum atomic E-state index is 2.53. The van der Waals surface area contributed by atoms with E-state index in [4.69, 9.17) is 0 Å². The fraction of sp³-hybridized carbons (Fsp3) is 0.444. The molecule has 0 fully saturated rings.